The number of piperidine rings is 1. The van der Waals surface area contributed by atoms with Crippen molar-refractivity contribution in [1.82, 2.24) is 19.2 Å². The molecule has 3 heterocycles. The third-order valence-corrected chi connectivity index (χ3v) is 5.03. The largest absolute Gasteiger partial charge is 0.353 e. The van der Waals surface area contributed by atoms with Crippen LogP contribution in [0, 0.1) is 12.8 Å². The van der Waals surface area contributed by atoms with Crippen molar-refractivity contribution < 1.29 is 4.79 Å². The molecule has 0 saturated carbocycles. The van der Waals surface area contributed by atoms with E-state index >= 15 is 0 Å². The number of carbonyl (C=O) groups is 1. The molecule has 1 atom stereocenters. The number of aromatic nitrogens is 4. The van der Waals surface area contributed by atoms with Crippen molar-refractivity contribution in [3.8, 4) is 0 Å². The molecule has 4 rings (SSSR count). The molecule has 0 spiro atoms. The van der Waals surface area contributed by atoms with Crippen LogP contribution in [-0.4, -0.2) is 38.2 Å². The van der Waals surface area contributed by atoms with Gasteiger partial charge in [-0.1, -0.05) is 19.1 Å². The number of amides is 1. The lowest BCUT2D eigenvalue weighted by atomic mass is 10.0. The number of carbonyl (C=O) groups excluding carboxylic acids is 1. The van der Waals surface area contributed by atoms with E-state index in [4.69, 9.17) is 0 Å². The molecule has 1 aliphatic heterocycles. The van der Waals surface area contributed by atoms with Gasteiger partial charge in [-0.05, 0) is 43.4 Å². The summed E-state index contributed by atoms with van der Waals surface area (Å²) in [5, 5.41) is 7.23. The normalized spacial score (nSPS) is 17.1. The maximum atomic E-state index is 12.7. The lowest BCUT2D eigenvalue weighted by Gasteiger charge is -2.31. The van der Waals surface area contributed by atoms with E-state index in [2.05, 4.69) is 27.2 Å². The minimum Gasteiger partial charge on any atom is -0.353 e. The Balaban J connectivity index is 1.60. The molecule has 1 amide bonds. The highest BCUT2D eigenvalue weighted by molar-refractivity contribution is 5.90. The van der Waals surface area contributed by atoms with Crippen LogP contribution in [0.4, 0.5) is 11.5 Å². The van der Waals surface area contributed by atoms with Gasteiger partial charge in [-0.3, -0.25) is 4.79 Å². The molecule has 1 N–H and O–H groups in total. The summed E-state index contributed by atoms with van der Waals surface area (Å²) < 4.78 is 2.65. The molecule has 2 aromatic heterocycles. The van der Waals surface area contributed by atoms with Crippen LogP contribution in [0.2, 0.25) is 0 Å². The quantitative estimate of drug-likeness (QED) is 0.749. The molecule has 0 unspecified atom stereocenters. The van der Waals surface area contributed by atoms with Crippen LogP contribution in [0.5, 0.6) is 0 Å². The third-order valence-electron chi connectivity index (χ3n) is 5.03. The second-order valence-corrected chi connectivity index (χ2v) is 7.50. The van der Waals surface area contributed by atoms with Crippen LogP contribution < -0.4 is 15.9 Å². The zero-order valence-electron chi connectivity index (χ0n) is 16.1. The number of aryl methyl sites for hydroxylation is 1. The lowest BCUT2D eigenvalue weighted by Crippen LogP contribution is -2.35. The fraction of sp³-hybridized carbons (Fsp3) is 0.400. The first-order valence-corrected chi connectivity index (χ1v) is 9.57. The highest BCUT2D eigenvalue weighted by atomic mass is 16.2. The van der Waals surface area contributed by atoms with Crippen molar-refractivity contribution in [1.29, 1.82) is 0 Å². The topological polar surface area (TPSA) is 84.5 Å². The zero-order chi connectivity index (χ0) is 19.7. The number of hydrogen-bond acceptors (Lipinski definition) is 5. The number of rotatable bonds is 4. The highest BCUT2D eigenvalue weighted by Gasteiger charge is 2.22. The van der Waals surface area contributed by atoms with Gasteiger partial charge < -0.3 is 10.2 Å². The Kier molecular flexibility index (Phi) is 4.85. The molecule has 0 bridgehead atoms. The number of nitrogens with one attached hydrogen (secondary N) is 1. The predicted molar refractivity (Wildman–Crippen MR) is 108 cm³/mol. The number of fused-ring (bicyclic) bond motifs is 1. The van der Waals surface area contributed by atoms with Crippen molar-refractivity contribution >= 4 is 23.1 Å². The van der Waals surface area contributed by atoms with Gasteiger partial charge in [0.15, 0.2) is 5.82 Å². The summed E-state index contributed by atoms with van der Waals surface area (Å²) >= 11 is 0. The van der Waals surface area contributed by atoms with Gasteiger partial charge in [0.2, 0.25) is 11.6 Å². The van der Waals surface area contributed by atoms with E-state index < -0.39 is 0 Å². The summed E-state index contributed by atoms with van der Waals surface area (Å²) in [5.41, 5.74) is 1.90. The van der Waals surface area contributed by atoms with Gasteiger partial charge in [0.1, 0.15) is 6.54 Å². The Morgan fingerprint density at radius 1 is 1.36 bits per heavy atom. The Bertz CT molecular complexity index is 1070. The van der Waals surface area contributed by atoms with E-state index in [1.165, 1.54) is 15.5 Å². The van der Waals surface area contributed by atoms with Gasteiger partial charge in [0, 0.05) is 31.2 Å². The van der Waals surface area contributed by atoms with Crippen LogP contribution in [0.3, 0.4) is 0 Å². The Morgan fingerprint density at radius 3 is 3.00 bits per heavy atom. The fourth-order valence-corrected chi connectivity index (χ4v) is 3.70. The number of nitrogens with zero attached hydrogens (tertiary/aromatic N) is 5. The first-order valence-electron chi connectivity index (χ1n) is 9.57. The molecule has 28 heavy (non-hydrogen) atoms. The number of benzene rings is 1. The summed E-state index contributed by atoms with van der Waals surface area (Å²) in [5.74, 6) is 0.978. The summed E-state index contributed by atoms with van der Waals surface area (Å²) in [7, 11) is 0. The summed E-state index contributed by atoms with van der Waals surface area (Å²) in [6.07, 6.45) is 5.49. The Hall–Kier alpha value is -3.16. The smallest absolute Gasteiger partial charge is 0.350 e. The summed E-state index contributed by atoms with van der Waals surface area (Å²) in [6, 6.07) is 7.53. The fourth-order valence-electron chi connectivity index (χ4n) is 3.70. The van der Waals surface area contributed by atoms with E-state index in [1.54, 1.807) is 12.4 Å². The van der Waals surface area contributed by atoms with E-state index in [-0.39, 0.29) is 18.1 Å². The maximum Gasteiger partial charge on any atom is 0.350 e. The average molecular weight is 380 g/mol. The average Bonchev–Trinajstić information content (AvgIpc) is 2.97. The molecular weight excluding hydrogens is 356 g/mol. The van der Waals surface area contributed by atoms with E-state index in [9.17, 15) is 9.59 Å². The molecule has 0 aliphatic carbocycles. The van der Waals surface area contributed by atoms with Gasteiger partial charge in [-0.25, -0.2) is 18.9 Å². The first kappa shape index (κ1) is 18.2. The van der Waals surface area contributed by atoms with E-state index in [1.807, 2.05) is 31.2 Å². The molecule has 8 heteroatoms. The number of hydrogen-bond donors (Lipinski definition) is 1. The molecular formula is C20H24N6O2. The van der Waals surface area contributed by atoms with Crippen molar-refractivity contribution in [3.05, 3.63) is 52.7 Å². The summed E-state index contributed by atoms with van der Waals surface area (Å²) in [6.45, 7) is 5.81. The second-order valence-electron chi connectivity index (χ2n) is 7.50. The van der Waals surface area contributed by atoms with Gasteiger partial charge >= 0.3 is 5.69 Å². The van der Waals surface area contributed by atoms with Crippen molar-refractivity contribution in [2.24, 2.45) is 5.92 Å². The zero-order valence-corrected chi connectivity index (χ0v) is 16.1. The molecule has 8 nitrogen and oxygen atoms in total. The molecule has 1 saturated heterocycles. The first-order chi connectivity index (χ1) is 13.5. The van der Waals surface area contributed by atoms with Gasteiger partial charge in [0.25, 0.3) is 0 Å². The van der Waals surface area contributed by atoms with Crippen LogP contribution in [-0.2, 0) is 11.3 Å². The van der Waals surface area contributed by atoms with E-state index in [0.717, 1.165) is 25.1 Å². The minimum atomic E-state index is -0.344. The third kappa shape index (κ3) is 3.62. The molecule has 146 valence electrons. The van der Waals surface area contributed by atoms with Crippen molar-refractivity contribution in [2.75, 3.05) is 23.3 Å². The molecule has 1 fully saturated rings. The number of anilines is 2. The minimum absolute atomic E-state index is 0.149. The van der Waals surface area contributed by atoms with Crippen LogP contribution in [0.1, 0.15) is 25.3 Å². The van der Waals surface area contributed by atoms with Gasteiger partial charge in [-0.15, -0.1) is 5.10 Å². The van der Waals surface area contributed by atoms with Crippen molar-refractivity contribution in [3.63, 3.8) is 0 Å². The highest BCUT2D eigenvalue weighted by Crippen LogP contribution is 2.23. The summed E-state index contributed by atoms with van der Waals surface area (Å²) in [4.78, 5) is 31.8. The molecule has 1 aromatic carbocycles. The lowest BCUT2D eigenvalue weighted by molar-refractivity contribution is -0.117. The van der Waals surface area contributed by atoms with E-state index in [0.29, 0.717) is 23.1 Å². The van der Waals surface area contributed by atoms with Crippen LogP contribution in [0.15, 0.2) is 41.5 Å². The monoisotopic (exact) mass is 380 g/mol. The Labute approximate surface area is 162 Å². The molecule has 3 aromatic rings. The molecule has 0 radical (unpaired) electrons. The SMILES string of the molecule is Cc1cccc(NC(=O)Cn2nc3c(N4CCC[C@@H](C)C4)nccn3c2=O)c1. The second kappa shape index (κ2) is 7.46. The van der Waals surface area contributed by atoms with Crippen LogP contribution in [0.25, 0.3) is 5.65 Å². The Morgan fingerprint density at radius 2 is 2.21 bits per heavy atom. The van der Waals surface area contributed by atoms with Crippen LogP contribution >= 0.6 is 0 Å². The van der Waals surface area contributed by atoms with Crippen molar-refractivity contribution in [2.45, 2.75) is 33.2 Å². The molecule has 1 aliphatic rings. The van der Waals surface area contributed by atoms with Gasteiger partial charge in [0.05, 0.1) is 0 Å². The standard InChI is InChI=1S/C20H24N6O2/c1-14-5-3-7-16(11-14)22-17(27)13-26-20(28)25-10-8-21-18(19(25)23-26)24-9-4-6-15(2)12-24/h3,5,7-8,10-11,15H,4,6,9,12-13H2,1-2H3,(H,22,27)/t15-/m1/s1. The van der Waals surface area contributed by atoms with Gasteiger partial charge in [-0.2, -0.15) is 0 Å². The maximum absolute atomic E-state index is 12.7. The predicted octanol–water partition coefficient (Wildman–Crippen LogP) is 2.07.